The molecule has 0 radical (unpaired) electrons. The Morgan fingerprint density at radius 3 is 2.13 bits per heavy atom. The van der Waals surface area contributed by atoms with Crippen molar-refractivity contribution in [2.45, 2.75) is 52.1 Å². The van der Waals surface area contributed by atoms with Crippen molar-refractivity contribution < 1.29 is 9.53 Å². The van der Waals surface area contributed by atoms with Crippen molar-refractivity contribution in [2.24, 2.45) is 16.9 Å². The zero-order valence-electron chi connectivity index (χ0n) is 10.5. The van der Waals surface area contributed by atoms with Gasteiger partial charge < -0.3 is 16.2 Å². The molecule has 0 aromatic rings. The summed E-state index contributed by atoms with van der Waals surface area (Å²) in [5, 5.41) is 0. The predicted octanol–water partition coefficient (Wildman–Crippen LogP) is 1.03. The van der Waals surface area contributed by atoms with Crippen LogP contribution in [0.15, 0.2) is 0 Å². The second-order valence-corrected chi connectivity index (χ2v) is 5.66. The van der Waals surface area contributed by atoms with Gasteiger partial charge in [-0.1, -0.05) is 13.8 Å². The highest BCUT2D eigenvalue weighted by molar-refractivity contribution is 5.75. The third-order valence-corrected chi connectivity index (χ3v) is 2.21. The van der Waals surface area contributed by atoms with Gasteiger partial charge in [-0.05, 0) is 32.1 Å². The fourth-order valence-corrected chi connectivity index (χ4v) is 2.14. The zero-order chi connectivity index (χ0) is 12.3. The van der Waals surface area contributed by atoms with E-state index in [1.54, 1.807) is 0 Å². The molecule has 0 aromatic carbocycles. The van der Waals surface area contributed by atoms with Gasteiger partial charge in [0, 0.05) is 5.54 Å². The molecule has 0 aromatic heterocycles. The van der Waals surface area contributed by atoms with Gasteiger partial charge in [0.2, 0.25) is 0 Å². The van der Waals surface area contributed by atoms with Crippen LogP contribution in [0.3, 0.4) is 0 Å². The standard InChI is InChI=1S/C11H24N2O2/c1-10(2,7-11(3,4)13)6-8(12)9(14)15-5/h8H,6-7,12-13H2,1-5H3. The van der Waals surface area contributed by atoms with Gasteiger partial charge in [-0.2, -0.15) is 0 Å². The van der Waals surface area contributed by atoms with Crippen LogP contribution >= 0.6 is 0 Å². The van der Waals surface area contributed by atoms with Crippen molar-refractivity contribution in [3.05, 3.63) is 0 Å². The van der Waals surface area contributed by atoms with Crippen LogP contribution in [0, 0.1) is 5.41 Å². The van der Waals surface area contributed by atoms with Gasteiger partial charge in [-0.25, -0.2) is 0 Å². The molecule has 1 atom stereocenters. The summed E-state index contributed by atoms with van der Waals surface area (Å²) in [5.74, 6) is -0.363. The largest absolute Gasteiger partial charge is 0.468 e. The Morgan fingerprint density at radius 1 is 1.33 bits per heavy atom. The lowest BCUT2D eigenvalue weighted by Gasteiger charge is -2.33. The molecule has 0 fully saturated rings. The Labute approximate surface area is 92.3 Å². The monoisotopic (exact) mass is 216 g/mol. The van der Waals surface area contributed by atoms with Gasteiger partial charge in [-0.15, -0.1) is 0 Å². The number of hydrogen-bond acceptors (Lipinski definition) is 4. The molecule has 0 rings (SSSR count). The molecule has 0 spiro atoms. The SMILES string of the molecule is COC(=O)C(N)CC(C)(C)CC(C)(C)N. The van der Waals surface area contributed by atoms with Crippen molar-refractivity contribution >= 4 is 5.97 Å². The van der Waals surface area contributed by atoms with E-state index < -0.39 is 6.04 Å². The Kier molecular flexibility index (Phi) is 4.74. The summed E-state index contributed by atoms with van der Waals surface area (Å²) in [5.41, 5.74) is 11.4. The molecule has 90 valence electrons. The lowest BCUT2D eigenvalue weighted by atomic mass is 9.76. The van der Waals surface area contributed by atoms with Gasteiger partial charge in [0.15, 0.2) is 0 Å². The first-order valence-electron chi connectivity index (χ1n) is 5.20. The van der Waals surface area contributed by atoms with Crippen LogP contribution in [-0.4, -0.2) is 24.7 Å². The first-order valence-corrected chi connectivity index (χ1v) is 5.20. The van der Waals surface area contributed by atoms with E-state index in [2.05, 4.69) is 18.6 Å². The summed E-state index contributed by atoms with van der Waals surface area (Å²) in [7, 11) is 1.35. The van der Waals surface area contributed by atoms with Gasteiger partial charge in [-0.3, -0.25) is 4.79 Å². The molecule has 4 nitrogen and oxygen atoms in total. The molecule has 0 bridgehead atoms. The second kappa shape index (κ2) is 4.94. The zero-order valence-corrected chi connectivity index (χ0v) is 10.5. The second-order valence-electron chi connectivity index (χ2n) is 5.66. The van der Waals surface area contributed by atoms with Crippen molar-refractivity contribution in [1.29, 1.82) is 0 Å². The lowest BCUT2D eigenvalue weighted by Crippen LogP contribution is -2.42. The van der Waals surface area contributed by atoms with Crippen LogP contribution in [0.2, 0.25) is 0 Å². The van der Waals surface area contributed by atoms with Gasteiger partial charge >= 0.3 is 5.97 Å². The van der Waals surface area contributed by atoms with Crippen molar-refractivity contribution in [3.8, 4) is 0 Å². The Morgan fingerprint density at radius 2 is 1.80 bits per heavy atom. The highest BCUT2D eigenvalue weighted by Gasteiger charge is 2.30. The molecular weight excluding hydrogens is 192 g/mol. The molecule has 0 saturated heterocycles. The number of esters is 1. The summed E-state index contributed by atoms with van der Waals surface area (Å²) >= 11 is 0. The molecule has 4 N–H and O–H groups in total. The van der Waals surface area contributed by atoms with Crippen LogP contribution in [0.4, 0.5) is 0 Å². The first kappa shape index (κ1) is 14.4. The topological polar surface area (TPSA) is 78.3 Å². The van der Waals surface area contributed by atoms with Crippen molar-refractivity contribution in [2.75, 3.05) is 7.11 Å². The minimum Gasteiger partial charge on any atom is -0.468 e. The Balaban J connectivity index is 4.31. The average Bonchev–Trinajstić information content (AvgIpc) is 1.96. The molecule has 0 aliphatic carbocycles. The summed E-state index contributed by atoms with van der Waals surface area (Å²) in [6, 6.07) is -0.563. The number of ether oxygens (including phenoxy) is 1. The quantitative estimate of drug-likeness (QED) is 0.673. The normalized spacial score (nSPS) is 14.9. The summed E-state index contributed by atoms with van der Waals surface area (Å²) in [6.45, 7) is 8.06. The van der Waals surface area contributed by atoms with Gasteiger partial charge in [0.1, 0.15) is 6.04 Å². The third kappa shape index (κ3) is 6.47. The number of carbonyl (C=O) groups is 1. The number of rotatable bonds is 5. The molecule has 0 aliphatic rings. The highest BCUT2D eigenvalue weighted by Crippen LogP contribution is 2.31. The molecule has 0 saturated carbocycles. The van der Waals surface area contributed by atoms with Gasteiger partial charge in [0.25, 0.3) is 0 Å². The summed E-state index contributed by atoms with van der Waals surface area (Å²) in [4.78, 5) is 11.2. The predicted molar refractivity (Wildman–Crippen MR) is 61.3 cm³/mol. The lowest BCUT2D eigenvalue weighted by molar-refractivity contribution is -0.143. The maximum atomic E-state index is 11.2. The smallest absolute Gasteiger partial charge is 0.322 e. The van der Waals surface area contributed by atoms with E-state index in [-0.39, 0.29) is 16.9 Å². The maximum absolute atomic E-state index is 11.2. The van der Waals surface area contributed by atoms with Crippen molar-refractivity contribution in [3.63, 3.8) is 0 Å². The molecular formula is C11H24N2O2. The van der Waals surface area contributed by atoms with Crippen molar-refractivity contribution in [1.82, 2.24) is 0 Å². The minimum absolute atomic E-state index is 0.0636. The molecule has 0 aliphatic heterocycles. The Bertz CT molecular complexity index is 219. The summed E-state index contributed by atoms with van der Waals surface area (Å²) < 4.78 is 4.59. The van der Waals surface area contributed by atoms with E-state index in [0.29, 0.717) is 6.42 Å². The van der Waals surface area contributed by atoms with Crippen LogP contribution in [-0.2, 0) is 9.53 Å². The highest BCUT2D eigenvalue weighted by atomic mass is 16.5. The fraction of sp³-hybridized carbons (Fsp3) is 0.909. The number of carbonyl (C=O) groups excluding carboxylic acids is 1. The third-order valence-electron chi connectivity index (χ3n) is 2.21. The van der Waals surface area contributed by atoms with E-state index in [4.69, 9.17) is 11.5 Å². The van der Waals surface area contributed by atoms with Crippen LogP contribution < -0.4 is 11.5 Å². The van der Waals surface area contributed by atoms with E-state index in [9.17, 15) is 4.79 Å². The molecule has 1 unspecified atom stereocenters. The van der Waals surface area contributed by atoms with E-state index in [1.807, 2.05) is 13.8 Å². The van der Waals surface area contributed by atoms with E-state index in [0.717, 1.165) is 6.42 Å². The van der Waals surface area contributed by atoms with Crippen LogP contribution in [0.1, 0.15) is 40.5 Å². The molecule has 0 amide bonds. The summed E-state index contributed by atoms with van der Waals surface area (Å²) in [6.07, 6.45) is 1.39. The number of nitrogens with two attached hydrogens (primary N) is 2. The molecule has 0 heterocycles. The van der Waals surface area contributed by atoms with E-state index >= 15 is 0 Å². The number of methoxy groups -OCH3 is 1. The first-order chi connectivity index (χ1) is 6.57. The maximum Gasteiger partial charge on any atom is 0.322 e. The van der Waals surface area contributed by atoms with Gasteiger partial charge in [0.05, 0.1) is 7.11 Å². The van der Waals surface area contributed by atoms with Crippen LogP contribution in [0.5, 0.6) is 0 Å². The fourth-order valence-electron chi connectivity index (χ4n) is 2.14. The average molecular weight is 216 g/mol. The number of hydrogen-bond donors (Lipinski definition) is 2. The molecule has 4 heteroatoms. The molecule has 15 heavy (non-hydrogen) atoms. The van der Waals surface area contributed by atoms with Crippen LogP contribution in [0.25, 0.3) is 0 Å². The minimum atomic E-state index is -0.563. The Hall–Kier alpha value is -0.610. The van der Waals surface area contributed by atoms with E-state index in [1.165, 1.54) is 7.11 Å².